The molecule has 0 bridgehead atoms. The van der Waals surface area contributed by atoms with Crippen molar-refractivity contribution < 1.29 is 17.6 Å². The fourth-order valence-corrected chi connectivity index (χ4v) is 4.26. The van der Waals surface area contributed by atoms with Crippen LogP contribution < -0.4 is 4.72 Å². The van der Waals surface area contributed by atoms with Gasteiger partial charge in [-0.2, -0.15) is 16.5 Å². The Hall–Kier alpha value is -1.97. The molecule has 1 heterocycles. The van der Waals surface area contributed by atoms with E-state index in [0.29, 0.717) is 18.7 Å². The molecule has 1 aromatic carbocycles. The maximum Gasteiger partial charge on any atom is 0.244 e. The molecule has 0 fully saturated rings. The van der Waals surface area contributed by atoms with E-state index in [2.05, 4.69) is 9.71 Å². The fourth-order valence-electron chi connectivity index (χ4n) is 2.49. The number of halogens is 1. The van der Waals surface area contributed by atoms with Gasteiger partial charge in [-0.1, -0.05) is 12.1 Å². The van der Waals surface area contributed by atoms with Crippen LogP contribution in [-0.4, -0.2) is 49.3 Å². The monoisotopic (exact) mass is 411 g/mol. The predicted octanol–water partition coefficient (Wildman–Crippen LogP) is 2.28. The molecule has 9 heteroatoms. The number of hydrogen-bond donors (Lipinski definition) is 1. The number of nitrogens with one attached hydrogen (secondary N) is 1. The summed E-state index contributed by atoms with van der Waals surface area (Å²) in [4.78, 5) is 17.7. The van der Waals surface area contributed by atoms with Gasteiger partial charge in [-0.3, -0.25) is 9.78 Å². The molecule has 2 aromatic rings. The Balaban J connectivity index is 2.18. The third-order valence-electron chi connectivity index (χ3n) is 3.88. The van der Waals surface area contributed by atoms with E-state index in [1.54, 1.807) is 31.6 Å². The SMILES string of the molecule is CSCCC(NS(=O)(=O)c1ccccc1F)C(=O)N(C)Cc1ccncc1. The number of thioether (sulfide) groups is 1. The van der Waals surface area contributed by atoms with Crippen molar-refractivity contribution in [1.82, 2.24) is 14.6 Å². The quantitative estimate of drug-likeness (QED) is 0.685. The average Bonchev–Trinajstić information content (AvgIpc) is 2.65. The largest absolute Gasteiger partial charge is 0.340 e. The van der Waals surface area contributed by atoms with Crippen LogP contribution in [0.1, 0.15) is 12.0 Å². The molecular formula is C18H22FN3O3S2. The van der Waals surface area contributed by atoms with E-state index in [4.69, 9.17) is 0 Å². The van der Waals surface area contributed by atoms with Gasteiger partial charge in [0.25, 0.3) is 0 Å². The molecule has 1 aromatic heterocycles. The van der Waals surface area contributed by atoms with E-state index in [0.717, 1.165) is 11.6 Å². The number of amides is 1. The molecule has 0 aliphatic rings. The molecule has 0 aliphatic heterocycles. The van der Waals surface area contributed by atoms with Gasteiger partial charge in [-0.15, -0.1) is 0 Å². The van der Waals surface area contributed by atoms with E-state index in [9.17, 15) is 17.6 Å². The van der Waals surface area contributed by atoms with Gasteiger partial charge in [0.15, 0.2) is 0 Å². The van der Waals surface area contributed by atoms with Gasteiger partial charge in [0.1, 0.15) is 16.8 Å². The van der Waals surface area contributed by atoms with Gasteiger partial charge in [0.2, 0.25) is 15.9 Å². The molecule has 0 saturated heterocycles. The lowest BCUT2D eigenvalue weighted by Crippen LogP contribution is -2.47. The van der Waals surface area contributed by atoms with Crippen LogP contribution in [-0.2, 0) is 21.4 Å². The first-order valence-corrected chi connectivity index (χ1v) is 11.1. The minimum absolute atomic E-state index is 0.300. The molecule has 1 unspecified atom stereocenters. The Morgan fingerprint density at radius 3 is 2.56 bits per heavy atom. The van der Waals surface area contributed by atoms with Gasteiger partial charge in [-0.05, 0) is 48.3 Å². The number of carbonyl (C=O) groups excluding carboxylic acids is 1. The van der Waals surface area contributed by atoms with Crippen molar-refractivity contribution >= 4 is 27.7 Å². The molecule has 27 heavy (non-hydrogen) atoms. The number of pyridine rings is 1. The van der Waals surface area contributed by atoms with Crippen LogP contribution in [0.2, 0.25) is 0 Å². The summed E-state index contributed by atoms with van der Waals surface area (Å²) in [5.41, 5.74) is 0.876. The van der Waals surface area contributed by atoms with E-state index in [1.807, 2.05) is 6.26 Å². The summed E-state index contributed by atoms with van der Waals surface area (Å²) in [5, 5.41) is 0. The van der Waals surface area contributed by atoms with Gasteiger partial charge < -0.3 is 4.90 Å². The zero-order valence-corrected chi connectivity index (χ0v) is 16.8. The highest BCUT2D eigenvalue weighted by molar-refractivity contribution is 7.98. The second kappa shape index (κ2) is 9.82. The molecule has 1 amide bonds. The number of sulfonamides is 1. The lowest BCUT2D eigenvalue weighted by molar-refractivity contribution is -0.132. The summed E-state index contributed by atoms with van der Waals surface area (Å²) in [5.74, 6) is -0.647. The minimum Gasteiger partial charge on any atom is -0.340 e. The van der Waals surface area contributed by atoms with Crippen molar-refractivity contribution in [1.29, 1.82) is 0 Å². The molecule has 6 nitrogen and oxygen atoms in total. The van der Waals surface area contributed by atoms with Gasteiger partial charge in [-0.25, -0.2) is 12.8 Å². The van der Waals surface area contributed by atoms with Crippen molar-refractivity contribution in [2.45, 2.75) is 23.9 Å². The number of carbonyl (C=O) groups is 1. The van der Waals surface area contributed by atoms with Crippen molar-refractivity contribution in [3.05, 3.63) is 60.2 Å². The predicted molar refractivity (Wildman–Crippen MR) is 104 cm³/mol. The average molecular weight is 412 g/mol. The lowest BCUT2D eigenvalue weighted by Gasteiger charge is -2.24. The van der Waals surface area contributed by atoms with Gasteiger partial charge >= 0.3 is 0 Å². The third-order valence-corrected chi connectivity index (χ3v) is 6.03. The first kappa shape index (κ1) is 21.3. The van der Waals surface area contributed by atoms with E-state index in [1.165, 1.54) is 34.9 Å². The summed E-state index contributed by atoms with van der Waals surface area (Å²) in [6, 6.07) is 7.68. The van der Waals surface area contributed by atoms with Crippen LogP contribution >= 0.6 is 11.8 Å². The van der Waals surface area contributed by atoms with E-state index < -0.39 is 26.8 Å². The highest BCUT2D eigenvalue weighted by Gasteiger charge is 2.29. The van der Waals surface area contributed by atoms with Crippen LogP contribution in [0, 0.1) is 5.82 Å². The summed E-state index contributed by atoms with van der Waals surface area (Å²) >= 11 is 1.50. The van der Waals surface area contributed by atoms with Crippen LogP contribution in [0.15, 0.2) is 53.7 Å². The van der Waals surface area contributed by atoms with Crippen LogP contribution in [0.3, 0.4) is 0 Å². The summed E-state index contributed by atoms with van der Waals surface area (Å²) < 4.78 is 41.4. The molecule has 0 radical (unpaired) electrons. The smallest absolute Gasteiger partial charge is 0.244 e. The van der Waals surface area contributed by atoms with Gasteiger partial charge in [0, 0.05) is 26.0 Å². The molecule has 2 rings (SSSR count). The molecule has 0 saturated carbocycles. The number of nitrogens with zero attached hydrogens (tertiary/aromatic N) is 2. The molecule has 1 atom stereocenters. The maximum absolute atomic E-state index is 13.9. The summed E-state index contributed by atoms with van der Waals surface area (Å²) in [6.07, 6.45) is 5.42. The van der Waals surface area contributed by atoms with E-state index >= 15 is 0 Å². The number of aromatic nitrogens is 1. The molecule has 146 valence electrons. The maximum atomic E-state index is 13.9. The molecule has 1 N–H and O–H groups in total. The Labute approximate surface area is 163 Å². The Bertz CT molecular complexity index is 863. The van der Waals surface area contributed by atoms with Crippen LogP contribution in [0.5, 0.6) is 0 Å². The highest BCUT2D eigenvalue weighted by Crippen LogP contribution is 2.16. The van der Waals surface area contributed by atoms with Crippen molar-refractivity contribution in [3.63, 3.8) is 0 Å². The third kappa shape index (κ3) is 6.02. The summed E-state index contributed by atoms with van der Waals surface area (Å²) in [6.45, 7) is 0.318. The molecule has 0 spiro atoms. The number of hydrogen-bond acceptors (Lipinski definition) is 5. The van der Waals surface area contributed by atoms with Crippen LogP contribution in [0.4, 0.5) is 4.39 Å². The van der Waals surface area contributed by atoms with Crippen LogP contribution in [0.25, 0.3) is 0 Å². The normalized spacial score (nSPS) is 12.6. The molecule has 0 aliphatic carbocycles. The zero-order chi connectivity index (χ0) is 19.9. The second-order valence-electron chi connectivity index (χ2n) is 5.94. The van der Waals surface area contributed by atoms with Crippen molar-refractivity contribution in [2.75, 3.05) is 19.1 Å². The topological polar surface area (TPSA) is 79.4 Å². The first-order valence-electron chi connectivity index (χ1n) is 8.25. The Morgan fingerprint density at radius 2 is 1.93 bits per heavy atom. The Kier molecular flexibility index (Phi) is 7.76. The van der Waals surface area contributed by atoms with Gasteiger partial charge in [0.05, 0.1) is 0 Å². The molecular weight excluding hydrogens is 389 g/mol. The minimum atomic E-state index is -4.16. The number of rotatable bonds is 9. The Morgan fingerprint density at radius 1 is 1.26 bits per heavy atom. The van der Waals surface area contributed by atoms with Crippen molar-refractivity contribution in [2.24, 2.45) is 0 Å². The number of likely N-dealkylation sites (N-methyl/N-ethyl adjacent to an activating group) is 1. The van der Waals surface area contributed by atoms with Crippen molar-refractivity contribution in [3.8, 4) is 0 Å². The number of benzene rings is 1. The standard InChI is InChI=1S/C18H22FN3O3S2/c1-22(13-14-7-10-20-11-8-14)18(23)16(9-12-26-2)21-27(24,25)17-6-4-3-5-15(17)19/h3-8,10-11,16,21H,9,12-13H2,1-2H3. The fraction of sp³-hybridized carbons (Fsp3) is 0.333. The highest BCUT2D eigenvalue weighted by atomic mass is 32.2. The first-order chi connectivity index (χ1) is 12.8. The summed E-state index contributed by atoms with van der Waals surface area (Å²) in [7, 11) is -2.56. The van der Waals surface area contributed by atoms with E-state index in [-0.39, 0.29) is 5.91 Å². The lowest BCUT2D eigenvalue weighted by atomic mass is 10.2. The second-order valence-corrected chi connectivity index (χ2v) is 8.60. The zero-order valence-electron chi connectivity index (χ0n) is 15.1.